The maximum atomic E-state index is 13.2. The number of rotatable bonds is 3. The van der Waals surface area contributed by atoms with Crippen LogP contribution in [0.2, 0.25) is 0 Å². The Hall–Kier alpha value is -1.27. The molecule has 0 aromatic heterocycles. The Labute approximate surface area is 78.2 Å². The molecule has 0 saturated carbocycles. The van der Waals surface area contributed by atoms with Crippen molar-refractivity contribution in [2.45, 2.75) is 6.36 Å². The van der Waals surface area contributed by atoms with Crippen LogP contribution in [0.1, 0.15) is 11.9 Å². The molecule has 3 nitrogen and oxygen atoms in total. The molecule has 0 saturated heterocycles. The van der Waals surface area contributed by atoms with Gasteiger partial charge >= 0.3 is 0 Å². The van der Waals surface area contributed by atoms with E-state index >= 15 is 0 Å². The lowest BCUT2D eigenvalue weighted by Gasteiger charge is -2.10. The van der Waals surface area contributed by atoms with E-state index in [1.807, 2.05) is 0 Å². The number of benzene rings is 1. The highest BCUT2D eigenvalue weighted by Gasteiger charge is 2.20. The van der Waals surface area contributed by atoms with Crippen molar-refractivity contribution in [3.8, 4) is 5.75 Å². The van der Waals surface area contributed by atoms with E-state index in [0.717, 1.165) is 19.2 Å². The van der Waals surface area contributed by atoms with Crippen LogP contribution >= 0.6 is 0 Å². The third-order valence-corrected chi connectivity index (χ3v) is 1.65. The zero-order valence-electron chi connectivity index (χ0n) is 7.26. The minimum atomic E-state index is -2.15. The molecular weight excluding hydrogens is 199 g/mol. The van der Waals surface area contributed by atoms with E-state index in [0.29, 0.717) is 0 Å². The molecule has 1 aromatic carbocycles. The average Bonchev–Trinajstić information content (AvgIpc) is 2.18. The van der Waals surface area contributed by atoms with E-state index in [-0.39, 0.29) is 0 Å². The van der Waals surface area contributed by atoms with E-state index in [2.05, 4.69) is 15.5 Å². The van der Waals surface area contributed by atoms with Gasteiger partial charge in [0.05, 0.1) is 12.7 Å². The van der Waals surface area contributed by atoms with E-state index in [4.69, 9.17) is 0 Å². The zero-order chi connectivity index (χ0) is 10.7. The minimum Gasteiger partial charge on any atom is -0.491 e. The molecular formula is C8H8F3NO2. The van der Waals surface area contributed by atoms with E-state index in [1.165, 1.54) is 0 Å². The lowest BCUT2D eigenvalue weighted by atomic mass is 10.2. The summed E-state index contributed by atoms with van der Waals surface area (Å²) in [5.74, 6) is 1.78. The minimum absolute atomic E-state index is 0.509. The second-order valence-corrected chi connectivity index (χ2v) is 2.44. The van der Waals surface area contributed by atoms with E-state index < -0.39 is 29.3 Å². The standard InChI is InChI=1S/C8H8F3NO2/c1-13-7-5(9)3-2-4(6(7)10)8(11)14-12/h2-3,8H,12H2,1H3. The number of halogens is 3. The SMILES string of the molecule is COc1c(F)ccc(C(F)ON)c1F. The topological polar surface area (TPSA) is 44.5 Å². The normalized spacial score (nSPS) is 12.6. The molecule has 1 unspecified atom stereocenters. The number of nitrogens with two attached hydrogens (primary N) is 1. The number of hydrogen-bond donors (Lipinski definition) is 1. The first kappa shape index (κ1) is 10.8. The van der Waals surface area contributed by atoms with Crippen LogP contribution in [0, 0.1) is 11.6 Å². The van der Waals surface area contributed by atoms with Gasteiger partial charge in [0.2, 0.25) is 6.36 Å². The molecule has 0 amide bonds. The van der Waals surface area contributed by atoms with Crippen molar-refractivity contribution >= 4 is 0 Å². The molecule has 0 spiro atoms. The van der Waals surface area contributed by atoms with E-state index in [9.17, 15) is 13.2 Å². The summed E-state index contributed by atoms with van der Waals surface area (Å²) in [6.45, 7) is 0. The third kappa shape index (κ3) is 1.80. The van der Waals surface area contributed by atoms with Crippen molar-refractivity contribution in [1.82, 2.24) is 0 Å². The molecule has 0 heterocycles. The third-order valence-electron chi connectivity index (χ3n) is 1.65. The largest absolute Gasteiger partial charge is 0.491 e. The van der Waals surface area contributed by atoms with Crippen LogP contribution in [-0.4, -0.2) is 7.11 Å². The summed E-state index contributed by atoms with van der Waals surface area (Å²) in [7, 11) is 1.07. The van der Waals surface area contributed by atoms with Crippen LogP contribution < -0.4 is 10.6 Å². The van der Waals surface area contributed by atoms with Gasteiger partial charge in [-0.2, -0.15) is 0 Å². The number of hydrogen-bond acceptors (Lipinski definition) is 3. The van der Waals surface area contributed by atoms with Gasteiger partial charge < -0.3 is 4.74 Å². The Morgan fingerprint density at radius 2 is 2.00 bits per heavy atom. The van der Waals surface area contributed by atoms with Gasteiger partial charge in [-0.15, -0.1) is 0 Å². The Kier molecular flexibility index (Phi) is 3.32. The fraction of sp³-hybridized carbons (Fsp3) is 0.250. The first-order chi connectivity index (χ1) is 6.61. The smallest absolute Gasteiger partial charge is 0.245 e. The number of methoxy groups -OCH3 is 1. The Balaban J connectivity index is 3.21. The van der Waals surface area contributed by atoms with Crippen LogP contribution in [0.15, 0.2) is 12.1 Å². The molecule has 2 N–H and O–H groups in total. The van der Waals surface area contributed by atoms with Gasteiger partial charge in [-0.25, -0.2) is 19.1 Å². The summed E-state index contributed by atoms with van der Waals surface area (Å²) in [4.78, 5) is 3.77. The van der Waals surface area contributed by atoms with Crippen LogP contribution in [0.25, 0.3) is 0 Å². The Morgan fingerprint density at radius 3 is 2.50 bits per heavy atom. The predicted octanol–water partition coefficient (Wildman–Crippen LogP) is 1.83. The molecule has 1 aromatic rings. The summed E-state index contributed by atoms with van der Waals surface area (Å²) >= 11 is 0. The fourth-order valence-electron chi connectivity index (χ4n) is 0.983. The van der Waals surface area contributed by atoms with Crippen molar-refractivity contribution in [3.63, 3.8) is 0 Å². The van der Waals surface area contributed by atoms with Crippen LogP contribution in [0.5, 0.6) is 5.75 Å². The van der Waals surface area contributed by atoms with Crippen molar-refractivity contribution in [2.24, 2.45) is 5.90 Å². The fourth-order valence-corrected chi connectivity index (χ4v) is 0.983. The molecule has 0 radical (unpaired) electrons. The Bertz CT molecular complexity index is 333. The molecule has 14 heavy (non-hydrogen) atoms. The van der Waals surface area contributed by atoms with Gasteiger partial charge in [-0.05, 0) is 12.1 Å². The van der Waals surface area contributed by atoms with Gasteiger partial charge in [0.25, 0.3) is 0 Å². The second-order valence-electron chi connectivity index (χ2n) is 2.44. The molecule has 6 heteroatoms. The molecule has 0 aliphatic heterocycles. The molecule has 1 rings (SSSR count). The summed E-state index contributed by atoms with van der Waals surface area (Å²) in [5, 5.41) is 0. The second kappa shape index (κ2) is 4.30. The van der Waals surface area contributed by atoms with Gasteiger partial charge in [-0.1, -0.05) is 0 Å². The maximum Gasteiger partial charge on any atom is 0.245 e. The lowest BCUT2D eigenvalue weighted by Crippen LogP contribution is -2.07. The number of alkyl halides is 1. The molecule has 0 bridgehead atoms. The van der Waals surface area contributed by atoms with Crippen LogP contribution in [0.4, 0.5) is 13.2 Å². The van der Waals surface area contributed by atoms with Gasteiger partial charge in [0, 0.05) is 0 Å². The highest BCUT2D eigenvalue weighted by atomic mass is 19.2. The molecule has 0 aliphatic carbocycles. The first-order valence-corrected chi connectivity index (χ1v) is 3.63. The van der Waals surface area contributed by atoms with Crippen LogP contribution in [0.3, 0.4) is 0 Å². The molecule has 1 atom stereocenters. The zero-order valence-corrected chi connectivity index (χ0v) is 7.26. The lowest BCUT2D eigenvalue weighted by molar-refractivity contribution is -0.0455. The predicted molar refractivity (Wildman–Crippen MR) is 42.0 cm³/mol. The van der Waals surface area contributed by atoms with Crippen molar-refractivity contribution in [3.05, 3.63) is 29.3 Å². The maximum absolute atomic E-state index is 13.2. The van der Waals surface area contributed by atoms with Gasteiger partial charge in [0.15, 0.2) is 17.4 Å². The highest BCUT2D eigenvalue weighted by molar-refractivity contribution is 5.33. The molecule has 0 aliphatic rings. The summed E-state index contributed by atoms with van der Waals surface area (Å²) in [6, 6.07) is 1.76. The van der Waals surface area contributed by atoms with Gasteiger partial charge in [0.1, 0.15) is 0 Å². The number of ether oxygens (including phenoxy) is 1. The van der Waals surface area contributed by atoms with Crippen molar-refractivity contribution < 1.29 is 22.7 Å². The first-order valence-electron chi connectivity index (χ1n) is 3.63. The summed E-state index contributed by atoms with van der Waals surface area (Å²) < 4.78 is 43.3. The average molecular weight is 207 g/mol. The Morgan fingerprint density at radius 1 is 1.36 bits per heavy atom. The highest BCUT2D eigenvalue weighted by Crippen LogP contribution is 2.29. The summed E-state index contributed by atoms with van der Waals surface area (Å²) in [5.41, 5.74) is -0.509. The van der Waals surface area contributed by atoms with Gasteiger partial charge in [-0.3, -0.25) is 4.84 Å². The van der Waals surface area contributed by atoms with Crippen molar-refractivity contribution in [1.29, 1.82) is 0 Å². The molecule has 78 valence electrons. The quantitative estimate of drug-likeness (QED) is 0.769. The monoisotopic (exact) mass is 207 g/mol. The van der Waals surface area contributed by atoms with Crippen molar-refractivity contribution in [2.75, 3.05) is 7.11 Å². The molecule has 0 fully saturated rings. The van der Waals surface area contributed by atoms with E-state index in [1.54, 1.807) is 0 Å². The van der Waals surface area contributed by atoms with Crippen LogP contribution in [-0.2, 0) is 4.84 Å². The summed E-state index contributed by atoms with van der Waals surface area (Å²) in [6.07, 6.45) is -2.15.